The van der Waals surface area contributed by atoms with E-state index in [0.29, 0.717) is 42.5 Å². The van der Waals surface area contributed by atoms with Gasteiger partial charge < -0.3 is 10.1 Å². The summed E-state index contributed by atoms with van der Waals surface area (Å²) in [5, 5.41) is 2.90. The maximum Gasteiger partial charge on any atom is 0.243 e. The normalized spacial score (nSPS) is 15.1. The Kier molecular flexibility index (Phi) is 7.54. The zero-order chi connectivity index (χ0) is 25.0. The first kappa shape index (κ1) is 24.9. The van der Waals surface area contributed by atoms with Gasteiger partial charge >= 0.3 is 0 Å². The zero-order valence-electron chi connectivity index (χ0n) is 20.3. The molecular weight excluding hydrogens is 462 g/mol. The second kappa shape index (κ2) is 10.6. The molecule has 184 valence electrons. The Hall–Kier alpha value is -3.20. The molecule has 0 unspecified atom stereocenters. The molecule has 4 rings (SSSR count). The molecule has 1 heterocycles. The molecular formula is C27H31N3O4S. The quantitative estimate of drug-likeness (QED) is 0.530. The number of carbonyl (C=O) groups excluding carboxylic acids is 1. The van der Waals surface area contributed by atoms with Crippen LogP contribution in [0.3, 0.4) is 0 Å². The molecule has 1 N–H and O–H groups in total. The number of ether oxygens (including phenoxy) is 1. The van der Waals surface area contributed by atoms with E-state index in [1.54, 1.807) is 18.2 Å². The van der Waals surface area contributed by atoms with Crippen molar-refractivity contribution in [2.75, 3.05) is 38.0 Å². The molecule has 3 aromatic rings. The molecule has 0 aromatic heterocycles. The molecule has 3 aromatic carbocycles. The summed E-state index contributed by atoms with van der Waals surface area (Å²) in [6, 6.07) is 20.4. The fourth-order valence-corrected chi connectivity index (χ4v) is 5.74. The van der Waals surface area contributed by atoms with E-state index < -0.39 is 10.0 Å². The highest BCUT2D eigenvalue weighted by atomic mass is 32.2. The number of amides is 1. The number of hydrogen-bond acceptors (Lipinski definition) is 5. The van der Waals surface area contributed by atoms with Crippen LogP contribution in [0.15, 0.2) is 71.6 Å². The molecule has 0 bridgehead atoms. The smallest absolute Gasteiger partial charge is 0.243 e. The van der Waals surface area contributed by atoms with Gasteiger partial charge in [-0.1, -0.05) is 35.4 Å². The first-order valence-electron chi connectivity index (χ1n) is 11.6. The number of carbonyl (C=O) groups is 1. The van der Waals surface area contributed by atoms with Crippen molar-refractivity contribution in [3.05, 3.63) is 83.4 Å². The number of benzene rings is 3. The summed E-state index contributed by atoms with van der Waals surface area (Å²) in [6.07, 6.45) is 0. The van der Waals surface area contributed by atoms with Crippen LogP contribution in [0, 0.1) is 20.8 Å². The van der Waals surface area contributed by atoms with Crippen LogP contribution in [0.4, 0.5) is 5.69 Å². The Morgan fingerprint density at radius 1 is 0.829 bits per heavy atom. The van der Waals surface area contributed by atoms with Gasteiger partial charge in [0.2, 0.25) is 15.9 Å². The third kappa shape index (κ3) is 6.28. The summed E-state index contributed by atoms with van der Waals surface area (Å²) in [4.78, 5) is 14.9. The standard InChI is InChI=1S/C27H31N3O4S/c1-20-4-9-24(10-5-20)34-25-11-7-23(8-12-25)28-27(31)19-29-14-16-30(17-15-29)35(32,33)26-13-6-21(2)18-22(26)3/h4-13,18H,14-17,19H2,1-3H3,(H,28,31). The van der Waals surface area contributed by atoms with Crippen LogP contribution in [0.5, 0.6) is 11.5 Å². The molecule has 0 spiro atoms. The van der Waals surface area contributed by atoms with Gasteiger partial charge in [0.15, 0.2) is 0 Å². The first-order valence-corrected chi connectivity index (χ1v) is 13.1. The third-order valence-corrected chi connectivity index (χ3v) is 8.10. The average Bonchev–Trinajstić information content (AvgIpc) is 2.82. The van der Waals surface area contributed by atoms with E-state index >= 15 is 0 Å². The minimum absolute atomic E-state index is 0.136. The number of nitrogens with one attached hydrogen (secondary N) is 1. The van der Waals surface area contributed by atoms with Crippen molar-refractivity contribution in [2.45, 2.75) is 25.7 Å². The van der Waals surface area contributed by atoms with E-state index in [1.807, 2.05) is 74.2 Å². The SMILES string of the molecule is Cc1ccc(Oc2ccc(NC(=O)CN3CCN(S(=O)(=O)c4ccc(C)cc4C)CC3)cc2)cc1. The van der Waals surface area contributed by atoms with E-state index in [1.165, 1.54) is 9.87 Å². The van der Waals surface area contributed by atoms with E-state index in [0.717, 1.165) is 16.9 Å². The molecule has 0 aliphatic carbocycles. The minimum atomic E-state index is -3.54. The molecule has 1 saturated heterocycles. The lowest BCUT2D eigenvalue weighted by Crippen LogP contribution is -2.50. The number of rotatable bonds is 7. The summed E-state index contributed by atoms with van der Waals surface area (Å²) < 4.78 is 33.5. The summed E-state index contributed by atoms with van der Waals surface area (Å²) in [6.45, 7) is 7.71. The molecule has 0 saturated carbocycles. The predicted molar refractivity (Wildman–Crippen MR) is 137 cm³/mol. The van der Waals surface area contributed by atoms with Crippen LogP contribution in [-0.4, -0.2) is 56.3 Å². The van der Waals surface area contributed by atoms with Crippen LogP contribution < -0.4 is 10.1 Å². The number of sulfonamides is 1. The van der Waals surface area contributed by atoms with Gasteiger partial charge in [0.25, 0.3) is 0 Å². The van der Waals surface area contributed by atoms with Gasteiger partial charge in [-0.05, 0) is 68.8 Å². The van der Waals surface area contributed by atoms with E-state index in [2.05, 4.69) is 5.32 Å². The number of nitrogens with zero attached hydrogens (tertiary/aromatic N) is 2. The Balaban J connectivity index is 1.27. The number of aryl methyl sites for hydroxylation is 3. The predicted octanol–water partition coefficient (Wildman–Crippen LogP) is 4.35. The Bertz CT molecular complexity index is 1280. The maximum atomic E-state index is 13.1. The van der Waals surface area contributed by atoms with E-state index in [-0.39, 0.29) is 12.5 Å². The zero-order valence-corrected chi connectivity index (χ0v) is 21.1. The third-order valence-electron chi connectivity index (χ3n) is 6.04. The Morgan fingerprint density at radius 3 is 2.00 bits per heavy atom. The highest BCUT2D eigenvalue weighted by Gasteiger charge is 2.30. The maximum absolute atomic E-state index is 13.1. The molecule has 1 fully saturated rings. The lowest BCUT2D eigenvalue weighted by molar-refractivity contribution is -0.117. The summed E-state index contributed by atoms with van der Waals surface area (Å²) in [5.41, 5.74) is 3.63. The fraction of sp³-hybridized carbons (Fsp3) is 0.296. The van der Waals surface area contributed by atoms with Crippen molar-refractivity contribution >= 4 is 21.6 Å². The van der Waals surface area contributed by atoms with Gasteiger partial charge in [-0.3, -0.25) is 9.69 Å². The van der Waals surface area contributed by atoms with Crippen molar-refractivity contribution in [1.82, 2.24) is 9.21 Å². The summed E-state index contributed by atoms with van der Waals surface area (Å²) in [5.74, 6) is 1.31. The Morgan fingerprint density at radius 2 is 1.40 bits per heavy atom. The number of anilines is 1. The minimum Gasteiger partial charge on any atom is -0.457 e. The van der Waals surface area contributed by atoms with Gasteiger partial charge in [0.1, 0.15) is 11.5 Å². The first-order chi connectivity index (χ1) is 16.7. The molecule has 35 heavy (non-hydrogen) atoms. The monoisotopic (exact) mass is 493 g/mol. The lowest BCUT2D eigenvalue weighted by Gasteiger charge is -2.33. The van der Waals surface area contributed by atoms with E-state index in [4.69, 9.17) is 4.74 Å². The molecule has 1 aliphatic rings. The van der Waals surface area contributed by atoms with Crippen LogP contribution in [0.25, 0.3) is 0 Å². The van der Waals surface area contributed by atoms with Crippen LogP contribution in [0.2, 0.25) is 0 Å². The Labute approximate surface area is 207 Å². The number of piperazine rings is 1. The molecule has 0 radical (unpaired) electrons. The topological polar surface area (TPSA) is 79.0 Å². The molecule has 8 heteroatoms. The molecule has 0 atom stereocenters. The van der Waals surface area contributed by atoms with Crippen LogP contribution in [0.1, 0.15) is 16.7 Å². The van der Waals surface area contributed by atoms with Crippen molar-refractivity contribution in [3.8, 4) is 11.5 Å². The second-order valence-corrected chi connectivity index (χ2v) is 10.8. The van der Waals surface area contributed by atoms with Gasteiger partial charge in [-0.25, -0.2) is 8.42 Å². The second-order valence-electron chi connectivity index (χ2n) is 8.94. The van der Waals surface area contributed by atoms with Crippen molar-refractivity contribution in [2.24, 2.45) is 0 Å². The van der Waals surface area contributed by atoms with Gasteiger partial charge in [0.05, 0.1) is 11.4 Å². The highest BCUT2D eigenvalue weighted by molar-refractivity contribution is 7.89. The van der Waals surface area contributed by atoms with Crippen molar-refractivity contribution in [3.63, 3.8) is 0 Å². The number of hydrogen-bond donors (Lipinski definition) is 1. The largest absolute Gasteiger partial charge is 0.457 e. The van der Waals surface area contributed by atoms with Crippen molar-refractivity contribution in [1.29, 1.82) is 0 Å². The molecule has 1 amide bonds. The van der Waals surface area contributed by atoms with Gasteiger partial charge in [-0.2, -0.15) is 4.31 Å². The summed E-state index contributed by atoms with van der Waals surface area (Å²) >= 11 is 0. The van der Waals surface area contributed by atoms with Gasteiger partial charge in [0, 0.05) is 31.9 Å². The summed E-state index contributed by atoms with van der Waals surface area (Å²) in [7, 11) is -3.54. The lowest BCUT2D eigenvalue weighted by atomic mass is 10.2. The van der Waals surface area contributed by atoms with E-state index in [9.17, 15) is 13.2 Å². The highest BCUT2D eigenvalue weighted by Crippen LogP contribution is 2.24. The average molecular weight is 494 g/mol. The van der Waals surface area contributed by atoms with Crippen LogP contribution >= 0.6 is 0 Å². The fourth-order valence-electron chi connectivity index (χ4n) is 4.11. The van der Waals surface area contributed by atoms with Crippen LogP contribution in [-0.2, 0) is 14.8 Å². The molecule has 7 nitrogen and oxygen atoms in total. The van der Waals surface area contributed by atoms with Crippen molar-refractivity contribution < 1.29 is 17.9 Å². The molecule has 1 aliphatic heterocycles. The van der Waals surface area contributed by atoms with Gasteiger partial charge in [-0.15, -0.1) is 0 Å².